The molecule has 3 rings (SSSR count). The quantitative estimate of drug-likeness (QED) is 0.841. The van der Waals surface area contributed by atoms with E-state index in [9.17, 15) is 14.4 Å². The van der Waals surface area contributed by atoms with Gasteiger partial charge in [0.05, 0.1) is 12.0 Å². The van der Waals surface area contributed by atoms with Gasteiger partial charge in [-0.15, -0.1) is 0 Å². The molecule has 2 saturated heterocycles. The largest absolute Gasteiger partial charge is 0.354 e. The topological polar surface area (TPSA) is 69.7 Å². The minimum atomic E-state index is -0.391. The van der Waals surface area contributed by atoms with Crippen LogP contribution in [0.5, 0.6) is 0 Å². The third-order valence-electron chi connectivity index (χ3n) is 5.47. The second kappa shape index (κ2) is 7.89. The van der Waals surface area contributed by atoms with Crippen LogP contribution in [0.15, 0.2) is 24.3 Å². The van der Waals surface area contributed by atoms with Crippen LogP contribution in [0, 0.1) is 12.8 Å². The average Bonchev–Trinajstić information content (AvgIpc) is 3.18. The number of aryl methyl sites for hydroxylation is 1. The summed E-state index contributed by atoms with van der Waals surface area (Å²) < 4.78 is 0. The highest BCUT2D eigenvalue weighted by Gasteiger charge is 2.44. The van der Waals surface area contributed by atoms with E-state index in [0.717, 1.165) is 24.1 Å². The molecule has 3 amide bonds. The maximum absolute atomic E-state index is 12.8. The van der Waals surface area contributed by atoms with E-state index in [2.05, 4.69) is 5.32 Å². The third-order valence-corrected chi connectivity index (χ3v) is 5.47. The normalized spacial score (nSPS) is 23.0. The van der Waals surface area contributed by atoms with Crippen LogP contribution in [0.25, 0.3) is 0 Å². The van der Waals surface area contributed by atoms with Gasteiger partial charge in [-0.05, 0) is 31.4 Å². The van der Waals surface area contributed by atoms with Crippen molar-refractivity contribution in [3.63, 3.8) is 0 Å². The van der Waals surface area contributed by atoms with Crippen LogP contribution in [-0.2, 0) is 14.4 Å². The summed E-state index contributed by atoms with van der Waals surface area (Å²) >= 11 is 0. The van der Waals surface area contributed by atoms with Crippen LogP contribution >= 0.6 is 0 Å². The van der Waals surface area contributed by atoms with Crippen LogP contribution < -0.4 is 5.32 Å². The van der Waals surface area contributed by atoms with Gasteiger partial charge >= 0.3 is 0 Å². The molecule has 0 unspecified atom stereocenters. The maximum atomic E-state index is 12.8. The van der Waals surface area contributed by atoms with E-state index in [-0.39, 0.29) is 30.2 Å². The predicted octanol–water partition coefficient (Wildman–Crippen LogP) is 1.64. The zero-order valence-electron chi connectivity index (χ0n) is 15.5. The fourth-order valence-electron chi connectivity index (χ4n) is 4.09. The van der Waals surface area contributed by atoms with E-state index in [1.54, 1.807) is 9.80 Å². The number of benzene rings is 1. The summed E-state index contributed by atoms with van der Waals surface area (Å²) in [5.41, 5.74) is 2.13. The summed E-state index contributed by atoms with van der Waals surface area (Å²) in [4.78, 5) is 40.5. The number of carbonyl (C=O) groups is 3. The first-order chi connectivity index (χ1) is 12.5. The number of hydrogen-bond acceptors (Lipinski definition) is 3. The van der Waals surface area contributed by atoms with Gasteiger partial charge in [0.1, 0.15) is 0 Å². The van der Waals surface area contributed by atoms with Gasteiger partial charge in [-0.2, -0.15) is 0 Å². The van der Waals surface area contributed by atoms with Crippen molar-refractivity contribution in [2.45, 2.75) is 39.2 Å². The number of rotatable bonds is 6. The molecular weight excluding hydrogens is 330 g/mol. The first-order valence-electron chi connectivity index (χ1n) is 9.43. The van der Waals surface area contributed by atoms with Gasteiger partial charge in [0.25, 0.3) is 0 Å². The molecule has 0 aromatic heterocycles. The Morgan fingerprint density at radius 3 is 2.65 bits per heavy atom. The van der Waals surface area contributed by atoms with E-state index in [1.807, 2.05) is 38.1 Å². The van der Waals surface area contributed by atoms with Crippen LogP contribution in [0.2, 0.25) is 0 Å². The minimum absolute atomic E-state index is 0.0237. The van der Waals surface area contributed by atoms with Gasteiger partial charge < -0.3 is 15.1 Å². The SMILES string of the molecule is CCN1C(=O)C[C@@H](C(=O)NCCN2CCCC2=O)[C@@H]1c1ccccc1C. The molecule has 2 aliphatic rings. The maximum Gasteiger partial charge on any atom is 0.226 e. The van der Waals surface area contributed by atoms with Crippen LogP contribution in [0.3, 0.4) is 0 Å². The molecule has 0 spiro atoms. The van der Waals surface area contributed by atoms with E-state index in [0.29, 0.717) is 26.1 Å². The Bertz CT molecular complexity index is 703. The summed E-state index contributed by atoms with van der Waals surface area (Å²) in [5, 5.41) is 2.94. The Balaban J connectivity index is 1.70. The molecule has 1 N–H and O–H groups in total. The monoisotopic (exact) mass is 357 g/mol. The Labute approximate surface area is 154 Å². The molecular formula is C20H27N3O3. The van der Waals surface area contributed by atoms with Crippen molar-refractivity contribution in [3.05, 3.63) is 35.4 Å². The summed E-state index contributed by atoms with van der Waals surface area (Å²) in [7, 11) is 0. The first-order valence-corrected chi connectivity index (χ1v) is 9.43. The summed E-state index contributed by atoms with van der Waals surface area (Å²) in [5.74, 6) is -0.312. The molecule has 6 nitrogen and oxygen atoms in total. The lowest BCUT2D eigenvalue weighted by Gasteiger charge is -2.28. The standard InChI is InChI=1S/C20H27N3O3/c1-3-23-18(25)13-16(19(23)15-8-5-4-7-14(15)2)20(26)21-10-12-22-11-6-9-17(22)24/h4-5,7-8,16,19H,3,6,9-13H2,1-2H3,(H,21,26)/t16-,19+/m1/s1. The van der Waals surface area contributed by atoms with Crippen molar-refractivity contribution >= 4 is 17.7 Å². The highest BCUT2D eigenvalue weighted by atomic mass is 16.2. The Kier molecular flexibility index (Phi) is 5.59. The lowest BCUT2D eigenvalue weighted by atomic mass is 9.90. The molecule has 2 aliphatic heterocycles. The van der Waals surface area contributed by atoms with Crippen molar-refractivity contribution in [3.8, 4) is 0 Å². The Morgan fingerprint density at radius 1 is 1.23 bits per heavy atom. The van der Waals surface area contributed by atoms with Crippen LogP contribution in [0.1, 0.15) is 43.4 Å². The number of amides is 3. The lowest BCUT2D eigenvalue weighted by Crippen LogP contribution is -2.40. The summed E-state index contributed by atoms with van der Waals surface area (Å²) in [6.07, 6.45) is 1.73. The number of nitrogens with zero attached hydrogens (tertiary/aromatic N) is 2. The molecule has 0 bridgehead atoms. The van der Waals surface area contributed by atoms with Crippen LogP contribution in [0.4, 0.5) is 0 Å². The zero-order valence-corrected chi connectivity index (χ0v) is 15.5. The predicted molar refractivity (Wildman–Crippen MR) is 98.2 cm³/mol. The molecule has 1 aromatic rings. The van der Waals surface area contributed by atoms with Crippen molar-refractivity contribution in [1.29, 1.82) is 0 Å². The number of likely N-dealkylation sites (tertiary alicyclic amines) is 2. The Hall–Kier alpha value is -2.37. The van der Waals surface area contributed by atoms with E-state index >= 15 is 0 Å². The molecule has 0 aliphatic carbocycles. The molecule has 2 atom stereocenters. The fourth-order valence-corrected chi connectivity index (χ4v) is 4.09. The van der Waals surface area contributed by atoms with Gasteiger partial charge in [-0.25, -0.2) is 0 Å². The molecule has 2 heterocycles. The molecule has 0 saturated carbocycles. The van der Waals surface area contributed by atoms with Crippen LogP contribution in [-0.4, -0.2) is 53.7 Å². The van der Waals surface area contributed by atoms with E-state index < -0.39 is 5.92 Å². The second-order valence-electron chi connectivity index (χ2n) is 7.07. The van der Waals surface area contributed by atoms with E-state index in [1.165, 1.54) is 0 Å². The first kappa shape index (κ1) is 18.4. The number of nitrogens with one attached hydrogen (secondary N) is 1. The van der Waals surface area contributed by atoms with Gasteiger partial charge in [0.15, 0.2) is 0 Å². The summed E-state index contributed by atoms with van der Waals surface area (Å²) in [6, 6.07) is 7.72. The van der Waals surface area contributed by atoms with Gasteiger partial charge in [0, 0.05) is 39.0 Å². The smallest absolute Gasteiger partial charge is 0.226 e. The highest BCUT2D eigenvalue weighted by molar-refractivity contribution is 5.90. The van der Waals surface area contributed by atoms with Gasteiger partial charge in [0.2, 0.25) is 17.7 Å². The molecule has 140 valence electrons. The molecule has 26 heavy (non-hydrogen) atoms. The van der Waals surface area contributed by atoms with Crippen molar-refractivity contribution in [1.82, 2.24) is 15.1 Å². The van der Waals surface area contributed by atoms with Gasteiger partial charge in [-0.3, -0.25) is 14.4 Å². The second-order valence-corrected chi connectivity index (χ2v) is 7.07. The summed E-state index contributed by atoms with van der Waals surface area (Å²) in [6.45, 7) is 6.29. The van der Waals surface area contributed by atoms with Gasteiger partial charge in [-0.1, -0.05) is 24.3 Å². The molecule has 1 aromatic carbocycles. The highest BCUT2D eigenvalue weighted by Crippen LogP contribution is 2.39. The average molecular weight is 357 g/mol. The van der Waals surface area contributed by atoms with E-state index in [4.69, 9.17) is 0 Å². The van der Waals surface area contributed by atoms with Crippen molar-refractivity contribution < 1.29 is 14.4 Å². The number of hydrogen-bond donors (Lipinski definition) is 1. The third kappa shape index (κ3) is 3.59. The van der Waals surface area contributed by atoms with Crippen molar-refractivity contribution in [2.75, 3.05) is 26.2 Å². The molecule has 6 heteroatoms. The molecule has 2 fully saturated rings. The number of carbonyl (C=O) groups excluding carboxylic acids is 3. The fraction of sp³-hybridized carbons (Fsp3) is 0.550. The Morgan fingerprint density at radius 2 is 2.00 bits per heavy atom. The minimum Gasteiger partial charge on any atom is -0.354 e. The molecule has 0 radical (unpaired) electrons. The lowest BCUT2D eigenvalue weighted by molar-refractivity contribution is -0.129. The van der Waals surface area contributed by atoms with Crippen molar-refractivity contribution in [2.24, 2.45) is 5.92 Å². The zero-order chi connectivity index (χ0) is 18.7.